The molecule has 0 saturated carbocycles. The smallest absolute Gasteiger partial charge is 0.139 e. The summed E-state index contributed by atoms with van der Waals surface area (Å²) in [5, 5.41) is 0. The van der Waals surface area contributed by atoms with Gasteiger partial charge >= 0.3 is 0 Å². The maximum absolute atomic E-state index is 11.6. The quantitative estimate of drug-likeness (QED) is 0.731. The van der Waals surface area contributed by atoms with Crippen LogP contribution >= 0.6 is 0 Å². The number of Topliss-reactive ketones (excluding diaryl/α,β-unsaturated/α-hetero) is 1. The van der Waals surface area contributed by atoms with Crippen molar-refractivity contribution in [1.29, 1.82) is 0 Å². The zero-order valence-electron chi connectivity index (χ0n) is 10.8. The molecule has 0 aliphatic rings. The number of carbonyl (C=O) groups excluding carboxylic acids is 1. The van der Waals surface area contributed by atoms with Gasteiger partial charge in [0, 0.05) is 12.3 Å². The normalized spacial score (nSPS) is 12.8. The van der Waals surface area contributed by atoms with Crippen LogP contribution in [0.5, 0.6) is 0 Å². The summed E-state index contributed by atoms with van der Waals surface area (Å²) in [6, 6.07) is 8.48. The Morgan fingerprint density at radius 2 is 1.69 bits per heavy atom. The number of rotatable bonds is 5. The van der Waals surface area contributed by atoms with Crippen molar-refractivity contribution < 1.29 is 4.79 Å². The second-order valence-electron chi connectivity index (χ2n) is 4.88. The van der Waals surface area contributed by atoms with Crippen molar-refractivity contribution in [3.63, 3.8) is 0 Å². The average Bonchev–Trinajstić information content (AvgIpc) is 2.27. The van der Waals surface area contributed by atoms with Crippen molar-refractivity contribution in [3.8, 4) is 0 Å². The summed E-state index contributed by atoms with van der Waals surface area (Å²) in [6.45, 7) is 8.35. The van der Waals surface area contributed by atoms with Crippen molar-refractivity contribution in [1.82, 2.24) is 0 Å². The minimum absolute atomic E-state index is 0.0399. The molecule has 0 aliphatic carbocycles. The summed E-state index contributed by atoms with van der Waals surface area (Å²) in [4.78, 5) is 11.6. The third-order valence-corrected chi connectivity index (χ3v) is 2.96. The average molecular weight is 218 g/mol. The SMILES string of the molecule is CCC(=O)[C@H](C)c1ccc(CC(C)C)cc1. The molecule has 88 valence electrons. The lowest BCUT2D eigenvalue weighted by molar-refractivity contribution is -0.119. The van der Waals surface area contributed by atoms with Crippen molar-refractivity contribution in [2.45, 2.75) is 46.5 Å². The highest BCUT2D eigenvalue weighted by atomic mass is 16.1. The van der Waals surface area contributed by atoms with Crippen LogP contribution in [0, 0.1) is 5.92 Å². The summed E-state index contributed by atoms with van der Waals surface area (Å²) in [7, 11) is 0. The maximum atomic E-state index is 11.6. The summed E-state index contributed by atoms with van der Waals surface area (Å²) in [5.41, 5.74) is 2.49. The van der Waals surface area contributed by atoms with E-state index in [1.54, 1.807) is 0 Å². The zero-order chi connectivity index (χ0) is 12.1. The molecule has 0 N–H and O–H groups in total. The second-order valence-corrected chi connectivity index (χ2v) is 4.88. The van der Waals surface area contributed by atoms with E-state index in [-0.39, 0.29) is 5.92 Å². The van der Waals surface area contributed by atoms with Crippen molar-refractivity contribution in [2.75, 3.05) is 0 Å². The van der Waals surface area contributed by atoms with Gasteiger partial charge in [-0.05, 0) is 23.5 Å². The predicted molar refractivity (Wildman–Crippen MR) is 68.7 cm³/mol. The Hall–Kier alpha value is -1.11. The van der Waals surface area contributed by atoms with Crippen molar-refractivity contribution in [2.24, 2.45) is 5.92 Å². The van der Waals surface area contributed by atoms with Gasteiger partial charge in [0.15, 0.2) is 0 Å². The predicted octanol–water partition coefficient (Wildman–Crippen LogP) is 3.97. The van der Waals surface area contributed by atoms with E-state index in [0.717, 1.165) is 12.0 Å². The molecule has 1 nitrogen and oxygen atoms in total. The van der Waals surface area contributed by atoms with E-state index in [9.17, 15) is 4.79 Å². The molecular formula is C15H22O. The van der Waals surface area contributed by atoms with Crippen LogP contribution in [0.4, 0.5) is 0 Å². The summed E-state index contributed by atoms with van der Waals surface area (Å²) in [5.74, 6) is 1.04. The maximum Gasteiger partial charge on any atom is 0.139 e. The van der Waals surface area contributed by atoms with Crippen LogP contribution in [0.15, 0.2) is 24.3 Å². The van der Waals surface area contributed by atoms with Gasteiger partial charge in [-0.2, -0.15) is 0 Å². The van der Waals surface area contributed by atoms with Gasteiger partial charge in [-0.15, -0.1) is 0 Å². The standard InChI is InChI=1S/C15H22O/c1-5-15(16)12(4)14-8-6-13(7-9-14)10-11(2)3/h6-9,11-12H,5,10H2,1-4H3/t12-/m1/s1. The van der Waals surface area contributed by atoms with E-state index in [2.05, 4.69) is 38.1 Å². The highest BCUT2D eigenvalue weighted by Crippen LogP contribution is 2.19. The number of carbonyl (C=O) groups is 1. The van der Waals surface area contributed by atoms with E-state index < -0.39 is 0 Å². The van der Waals surface area contributed by atoms with E-state index in [4.69, 9.17) is 0 Å². The Bertz CT molecular complexity index is 335. The highest BCUT2D eigenvalue weighted by molar-refractivity contribution is 5.85. The van der Waals surface area contributed by atoms with Crippen LogP contribution in [0.1, 0.15) is 51.2 Å². The molecule has 0 radical (unpaired) electrons. The minimum atomic E-state index is 0.0399. The topological polar surface area (TPSA) is 17.1 Å². The first-order valence-corrected chi connectivity index (χ1v) is 6.16. The van der Waals surface area contributed by atoms with Gasteiger partial charge in [-0.1, -0.05) is 52.0 Å². The van der Waals surface area contributed by atoms with Crippen LogP contribution in [0.3, 0.4) is 0 Å². The van der Waals surface area contributed by atoms with Gasteiger partial charge in [-0.3, -0.25) is 4.79 Å². The minimum Gasteiger partial charge on any atom is -0.299 e. The number of hydrogen-bond acceptors (Lipinski definition) is 1. The first kappa shape index (κ1) is 13.0. The first-order valence-electron chi connectivity index (χ1n) is 6.16. The van der Waals surface area contributed by atoms with Crippen molar-refractivity contribution >= 4 is 5.78 Å². The lowest BCUT2D eigenvalue weighted by Crippen LogP contribution is -2.07. The van der Waals surface area contributed by atoms with Gasteiger partial charge in [0.25, 0.3) is 0 Å². The molecular weight excluding hydrogens is 196 g/mol. The Morgan fingerprint density at radius 3 is 2.12 bits per heavy atom. The van der Waals surface area contributed by atoms with Gasteiger partial charge in [0.05, 0.1) is 0 Å². The van der Waals surface area contributed by atoms with Gasteiger partial charge in [0.1, 0.15) is 5.78 Å². The Kier molecular flexibility index (Phi) is 4.72. The molecule has 16 heavy (non-hydrogen) atoms. The fourth-order valence-electron chi connectivity index (χ4n) is 1.91. The van der Waals surface area contributed by atoms with E-state index in [1.807, 2.05) is 13.8 Å². The monoisotopic (exact) mass is 218 g/mol. The Morgan fingerprint density at radius 1 is 1.12 bits per heavy atom. The molecule has 0 aliphatic heterocycles. The van der Waals surface area contributed by atoms with Gasteiger partial charge in [-0.25, -0.2) is 0 Å². The fourth-order valence-corrected chi connectivity index (χ4v) is 1.91. The fraction of sp³-hybridized carbons (Fsp3) is 0.533. The van der Waals surface area contributed by atoms with Crippen LogP contribution in [0.25, 0.3) is 0 Å². The van der Waals surface area contributed by atoms with Crippen LogP contribution in [-0.2, 0) is 11.2 Å². The molecule has 0 bridgehead atoms. The molecule has 0 spiro atoms. The molecule has 1 rings (SSSR count). The van der Waals surface area contributed by atoms with Crippen LogP contribution in [-0.4, -0.2) is 5.78 Å². The number of ketones is 1. The molecule has 0 saturated heterocycles. The van der Waals surface area contributed by atoms with E-state index >= 15 is 0 Å². The van der Waals surface area contributed by atoms with Gasteiger partial charge < -0.3 is 0 Å². The van der Waals surface area contributed by atoms with Crippen LogP contribution in [0.2, 0.25) is 0 Å². The third kappa shape index (κ3) is 3.48. The molecule has 0 amide bonds. The molecule has 1 heteroatoms. The molecule has 0 unspecified atom stereocenters. The molecule has 1 aromatic carbocycles. The lowest BCUT2D eigenvalue weighted by Gasteiger charge is -2.11. The second kappa shape index (κ2) is 5.83. The number of benzene rings is 1. The summed E-state index contributed by atoms with van der Waals surface area (Å²) < 4.78 is 0. The Balaban J connectivity index is 2.74. The van der Waals surface area contributed by atoms with E-state index in [1.165, 1.54) is 5.56 Å². The Labute approximate surface area is 98.9 Å². The zero-order valence-corrected chi connectivity index (χ0v) is 10.8. The molecule has 1 atom stereocenters. The first-order chi connectivity index (χ1) is 7.54. The molecule has 1 aromatic rings. The molecule has 0 heterocycles. The largest absolute Gasteiger partial charge is 0.299 e. The molecule has 0 fully saturated rings. The van der Waals surface area contributed by atoms with Crippen molar-refractivity contribution in [3.05, 3.63) is 35.4 Å². The summed E-state index contributed by atoms with van der Waals surface area (Å²) >= 11 is 0. The molecule has 0 aromatic heterocycles. The van der Waals surface area contributed by atoms with E-state index in [0.29, 0.717) is 18.1 Å². The third-order valence-electron chi connectivity index (χ3n) is 2.96. The summed E-state index contributed by atoms with van der Waals surface area (Å²) in [6.07, 6.45) is 1.73. The van der Waals surface area contributed by atoms with Gasteiger partial charge in [0.2, 0.25) is 0 Å². The number of hydrogen-bond donors (Lipinski definition) is 0. The lowest BCUT2D eigenvalue weighted by atomic mass is 9.93. The van der Waals surface area contributed by atoms with Crippen LogP contribution < -0.4 is 0 Å². The highest BCUT2D eigenvalue weighted by Gasteiger charge is 2.12.